The van der Waals surface area contributed by atoms with Crippen molar-refractivity contribution in [3.05, 3.63) is 35.9 Å². The molecule has 0 amide bonds. The molecule has 0 aliphatic rings. The lowest BCUT2D eigenvalue weighted by molar-refractivity contribution is 0.325. The quantitative estimate of drug-likeness (QED) is 0.766. The van der Waals surface area contributed by atoms with Crippen LogP contribution in [0.15, 0.2) is 28.8 Å². The van der Waals surface area contributed by atoms with Gasteiger partial charge in [0.25, 0.3) is 0 Å². The average Bonchev–Trinajstić information content (AvgIpc) is 3.00. The zero-order valence-electron chi connectivity index (χ0n) is 11.8. The normalized spacial score (nSPS) is 13.2. The molecule has 5 nitrogen and oxygen atoms in total. The molecule has 0 saturated heterocycles. The number of nitrogens with one attached hydrogen (secondary N) is 1. The summed E-state index contributed by atoms with van der Waals surface area (Å²) in [4.78, 5) is 7.80. The molecule has 0 spiro atoms. The molecule has 0 fully saturated rings. The van der Waals surface area contributed by atoms with Crippen molar-refractivity contribution >= 4 is 10.9 Å². The van der Waals surface area contributed by atoms with Crippen LogP contribution in [-0.4, -0.2) is 15.1 Å². The van der Waals surface area contributed by atoms with Crippen molar-refractivity contribution in [3.63, 3.8) is 0 Å². The van der Waals surface area contributed by atoms with E-state index < -0.39 is 0 Å². The van der Waals surface area contributed by atoms with Crippen LogP contribution >= 0.6 is 0 Å². The summed E-state index contributed by atoms with van der Waals surface area (Å²) in [5, 5.41) is 5.18. The van der Waals surface area contributed by atoms with E-state index in [9.17, 15) is 0 Å². The van der Waals surface area contributed by atoms with Crippen molar-refractivity contribution in [2.45, 2.75) is 26.8 Å². The molecule has 0 aliphatic heterocycles. The minimum atomic E-state index is -0.234. The Kier molecular flexibility index (Phi) is 3.06. The first kappa shape index (κ1) is 12.9. The number of aromatic amines is 1. The van der Waals surface area contributed by atoms with Crippen molar-refractivity contribution < 1.29 is 4.52 Å². The highest BCUT2D eigenvalue weighted by atomic mass is 16.5. The lowest BCUT2D eigenvalue weighted by Gasteiger charge is -2.09. The highest BCUT2D eigenvalue weighted by Crippen LogP contribution is 2.31. The van der Waals surface area contributed by atoms with Gasteiger partial charge in [0.2, 0.25) is 11.7 Å². The Bertz CT molecular complexity index is 741. The lowest BCUT2D eigenvalue weighted by atomic mass is 10.1. The Hall–Kier alpha value is -2.14. The summed E-state index contributed by atoms with van der Waals surface area (Å²) in [7, 11) is 0. The lowest BCUT2D eigenvalue weighted by Crippen LogP contribution is -2.16. The molecule has 3 N–H and O–H groups in total. The zero-order valence-corrected chi connectivity index (χ0v) is 11.8. The van der Waals surface area contributed by atoms with Gasteiger partial charge in [-0.15, -0.1) is 0 Å². The SMILES string of the molecule is Cc1[nH]c2ccccc2c1-c1noc([C@@H](N)C(C)C)n1. The van der Waals surface area contributed by atoms with Gasteiger partial charge in [-0.05, 0) is 18.9 Å². The summed E-state index contributed by atoms with van der Waals surface area (Å²) in [5.74, 6) is 1.33. The fourth-order valence-electron chi connectivity index (χ4n) is 2.32. The Morgan fingerprint density at radius 3 is 2.75 bits per heavy atom. The van der Waals surface area contributed by atoms with Crippen molar-refractivity contribution in [1.29, 1.82) is 0 Å². The molecule has 0 radical (unpaired) electrons. The predicted molar refractivity (Wildman–Crippen MR) is 78.1 cm³/mol. The van der Waals surface area contributed by atoms with Crippen LogP contribution in [0.1, 0.15) is 31.5 Å². The monoisotopic (exact) mass is 270 g/mol. The Morgan fingerprint density at radius 2 is 2.00 bits per heavy atom. The molecule has 0 bridgehead atoms. The number of hydrogen-bond acceptors (Lipinski definition) is 4. The summed E-state index contributed by atoms with van der Waals surface area (Å²) in [6, 6.07) is 7.85. The molecule has 3 aromatic rings. The first-order valence-corrected chi connectivity index (χ1v) is 6.74. The van der Waals surface area contributed by atoms with Crippen LogP contribution in [0, 0.1) is 12.8 Å². The van der Waals surface area contributed by atoms with E-state index in [1.165, 1.54) is 0 Å². The molecule has 20 heavy (non-hydrogen) atoms. The van der Waals surface area contributed by atoms with Crippen LogP contribution in [0.25, 0.3) is 22.3 Å². The maximum atomic E-state index is 6.05. The number of hydrogen-bond donors (Lipinski definition) is 2. The van der Waals surface area contributed by atoms with Crippen LogP contribution < -0.4 is 5.73 Å². The van der Waals surface area contributed by atoms with Gasteiger partial charge in [0.15, 0.2) is 0 Å². The van der Waals surface area contributed by atoms with Crippen LogP contribution in [0.2, 0.25) is 0 Å². The van der Waals surface area contributed by atoms with E-state index in [0.717, 1.165) is 22.2 Å². The number of nitrogens with two attached hydrogens (primary N) is 1. The third-order valence-corrected chi connectivity index (χ3v) is 3.56. The summed E-state index contributed by atoms with van der Waals surface area (Å²) in [6.07, 6.45) is 0. The van der Waals surface area contributed by atoms with Crippen LogP contribution in [0.4, 0.5) is 0 Å². The number of fused-ring (bicyclic) bond motifs is 1. The van der Waals surface area contributed by atoms with E-state index in [2.05, 4.69) is 15.1 Å². The van der Waals surface area contributed by atoms with Gasteiger partial charge in [-0.3, -0.25) is 0 Å². The van der Waals surface area contributed by atoms with Crippen LogP contribution in [-0.2, 0) is 0 Å². The topological polar surface area (TPSA) is 80.7 Å². The number of H-pyrrole nitrogens is 1. The minimum Gasteiger partial charge on any atom is -0.358 e. The van der Waals surface area contributed by atoms with Crippen molar-refractivity contribution in [1.82, 2.24) is 15.1 Å². The Balaban J connectivity index is 2.10. The van der Waals surface area contributed by atoms with Gasteiger partial charge in [-0.25, -0.2) is 0 Å². The Morgan fingerprint density at radius 1 is 1.25 bits per heavy atom. The largest absolute Gasteiger partial charge is 0.358 e. The number of para-hydroxylation sites is 1. The fourth-order valence-corrected chi connectivity index (χ4v) is 2.32. The van der Waals surface area contributed by atoms with Crippen LogP contribution in [0.5, 0.6) is 0 Å². The van der Waals surface area contributed by atoms with Crippen molar-refractivity contribution in [2.75, 3.05) is 0 Å². The number of aryl methyl sites for hydroxylation is 1. The molecule has 2 heterocycles. The van der Waals surface area contributed by atoms with E-state index in [-0.39, 0.29) is 12.0 Å². The van der Waals surface area contributed by atoms with Gasteiger partial charge in [0.1, 0.15) is 0 Å². The highest BCUT2D eigenvalue weighted by molar-refractivity contribution is 5.95. The molecular weight excluding hydrogens is 252 g/mol. The van der Waals surface area contributed by atoms with Gasteiger partial charge in [-0.1, -0.05) is 37.2 Å². The van der Waals surface area contributed by atoms with Gasteiger partial charge < -0.3 is 15.2 Å². The molecule has 2 aromatic heterocycles. The molecule has 5 heteroatoms. The highest BCUT2D eigenvalue weighted by Gasteiger charge is 2.21. The second kappa shape index (κ2) is 4.76. The molecule has 1 atom stereocenters. The predicted octanol–water partition coefficient (Wildman–Crippen LogP) is 3.18. The molecular formula is C15H18N4O. The van der Waals surface area contributed by atoms with Gasteiger partial charge >= 0.3 is 0 Å². The molecule has 3 rings (SSSR count). The number of benzene rings is 1. The molecule has 1 aromatic carbocycles. The smallest absolute Gasteiger partial charge is 0.244 e. The first-order valence-electron chi connectivity index (χ1n) is 6.74. The van der Waals surface area contributed by atoms with E-state index in [1.54, 1.807) is 0 Å². The third-order valence-electron chi connectivity index (χ3n) is 3.56. The molecule has 0 unspecified atom stereocenters. The maximum Gasteiger partial charge on any atom is 0.244 e. The summed E-state index contributed by atoms with van der Waals surface area (Å²) >= 11 is 0. The van der Waals surface area contributed by atoms with Gasteiger partial charge in [-0.2, -0.15) is 4.98 Å². The van der Waals surface area contributed by atoms with E-state index in [4.69, 9.17) is 10.3 Å². The number of aromatic nitrogens is 3. The van der Waals surface area contributed by atoms with Gasteiger partial charge in [0, 0.05) is 16.6 Å². The van der Waals surface area contributed by atoms with Crippen molar-refractivity contribution in [3.8, 4) is 11.4 Å². The van der Waals surface area contributed by atoms with E-state index in [1.807, 2.05) is 45.0 Å². The molecule has 0 saturated carbocycles. The summed E-state index contributed by atoms with van der Waals surface area (Å²) in [6.45, 7) is 6.07. The standard InChI is InChI=1S/C15H18N4O/c1-8(2)13(16)15-18-14(19-20-15)12-9(3)17-11-7-5-4-6-10(11)12/h4-8,13,17H,16H2,1-3H3/t13-/m0/s1. The summed E-state index contributed by atoms with van der Waals surface area (Å²) < 4.78 is 5.32. The minimum absolute atomic E-state index is 0.234. The second-order valence-corrected chi connectivity index (χ2v) is 5.40. The third kappa shape index (κ3) is 2.00. The average molecular weight is 270 g/mol. The zero-order chi connectivity index (χ0) is 14.3. The van der Waals surface area contributed by atoms with E-state index >= 15 is 0 Å². The number of rotatable bonds is 3. The fraction of sp³-hybridized carbons (Fsp3) is 0.333. The summed E-state index contributed by atoms with van der Waals surface area (Å²) in [5.41, 5.74) is 9.12. The Labute approximate surface area is 117 Å². The molecule has 0 aliphatic carbocycles. The van der Waals surface area contributed by atoms with Gasteiger partial charge in [0.05, 0.1) is 11.6 Å². The first-order chi connectivity index (χ1) is 9.58. The molecule has 104 valence electrons. The number of nitrogens with zero attached hydrogens (tertiary/aromatic N) is 2. The second-order valence-electron chi connectivity index (χ2n) is 5.40. The van der Waals surface area contributed by atoms with Crippen LogP contribution in [0.3, 0.4) is 0 Å². The van der Waals surface area contributed by atoms with E-state index in [0.29, 0.717) is 11.7 Å². The van der Waals surface area contributed by atoms with Crippen molar-refractivity contribution in [2.24, 2.45) is 11.7 Å². The maximum absolute atomic E-state index is 6.05.